The van der Waals surface area contributed by atoms with Gasteiger partial charge in [0.15, 0.2) is 11.5 Å². The SMILES string of the molecule is CC1(C)CCC2(C)CCC3(C(=O)O)C(=CCC4C5(C)CCC(OC(=O)C=Cc6ccc(O)c(O)c6)C(C)(C)C5CCC43C)C2C1. The van der Waals surface area contributed by atoms with E-state index in [-0.39, 0.29) is 50.6 Å². The highest BCUT2D eigenvalue weighted by atomic mass is 16.5. The number of ether oxygens (including phenoxy) is 1. The third-order valence-corrected chi connectivity index (χ3v) is 14.5. The second-order valence-electron chi connectivity index (χ2n) is 17.6. The van der Waals surface area contributed by atoms with Crippen molar-refractivity contribution in [2.24, 2.45) is 50.2 Å². The molecule has 4 saturated carbocycles. The first-order valence-electron chi connectivity index (χ1n) is 17.2. The summed E-state index contributed by atoms with van der Waals surface area (Å²) in [4.78, 5) is 26.8. The summed E-state index contributed by atoms with van der Waals surface area (Å²) in [6.07, 6.45) is 14.8. The molecule has 5 aliphatic rings. The van der Waals surface area contributed by atoms with Crippen LogP contribution in [-0.4, -0.2) is 33.4 Å². The van der Waals surface area contributed by atoms with Crippen molar-refractivity contribution in [3.8, 4) is 11.5 Å². The van der Waals surface area contributed by atoms with Crippen LogP contribution in [0.5, 0.6) is 11.5 Å². The molecular formula is C39H54O6. The molecule has 3 N–H and O–H groups in total. The molecule has 6 heteroatoms. The molecule has 0 aliphatic heterocycles. The maximum absolute atomic E-state index is 13.7. The zero-order valence-corrected chi connectivity index (χ0v) is 28.4. The van der Waals surface area contributed by atoms with Crippen LogP contribution >= 0.6 is 0 Å². The topological polar surface area (TPSA) is 104 Å². The van der Waals surface area contributed by atoms with E-state index >= 15 is 0 Å². The van der Waals surface area contributed by atoms with Crippen molar-refractivity contribution in [1.82, 2.24) is 0 Å². The normalized spacial score (nSPS) is 41.5. The van der Waals surface area contributed by atoms with Crippen LogP contribution < -0.4 is 0 Å². The lowest BCUT2D eigenvalue weighted by molar-refractivity contribution is -0.218. The fraction of sp³-hybridized carbons (Fsp3) is 0.692. The van der Waals surface area contributed by atoms with E-state index in [0.29, 0.717) is 17.4 Å². The second-order valence-corrected chi connectivity index (χ2v) is 17.6. The molecule has 0 heterocycles. The van der Waals surface area contributed by atoms with Gasteiger partial charge in [-0.2, -0.15) is 0 Å². The number of fused-ring (bicyclic) bond motifs is 7. The van der Waals surface area contributed by atoms with Crippen molar-refractivity contribution in [2.45, 2.75) is 119 Å². The molecular weight excluding hydrogens is 564 g/mol. The van der Waals surface area contributed by atoms with E-state index in [1.165, 1.54) is 36.6 Å². The minimum atomic E-state index is -0.817. The standard InChI is InChI=1S/C39H54O6/c1-34(2)18-19-36(5)20-21-39(33(43)44)25(26(36)23-34)10-12-30-37(6)16-15-31(35(3,4)29(37)14-17-38(30,39)7)45-32(42)13-9-24-8-11-27(40)28(41)22-24/h8-11,13,22,26,29-31,40-41H,12,14-21,23H2,1-7H3,(H,43,44). The van der Waals surface area contributed by atoms with Gasteiger partial charge in [0.25, 0.3) is 0 Å². The van der Waals surface area contributed by atoms with E-state index in [9.17, 15) is 24.9 Å². The molecule has 5 aliphatic carbocycles. The molecule has 0 amide bonds. The Morgan fingerprint density at radius 1 is 0.867 bits per heavy atom. The van der Waals surface area contributed by atoms with Gasteiger partial charge in [0.2, 0.25) is 0 Å². The molecule has 8 atom stereocenters. The zero-order chi connectivity index (χ0) is 32.8. The lowest BCUT2D eigenvalue weighted by Gasteiger charge is -2.70. The van der Waals surface area contributed by atoms with E-state index in [0.717, 1.165) is 51.4 Å². The summed E-state index contributed by atoms with van der Waals surface area (Å²) < 4.78 is 6.13. The summed E-state index contributed by atoms with van der Waals surface area (Å²) in [6, 6.07) is 4.43. The molecule has 6 nitrogen and oxygen atoms in total. The van der Waals surface area contributed by atoms with Crippen LogP contribution in [0.3, 0.4) is 0 Å². The summed E-state index contributed by atoms with van der Waals surface area (Å²) in [7, 11) is 0. The molecule has 8 unspecified atom stereocenters. The number of hydrogen-bond acceptors (Lipinski definition) is 5. The number of esters is 1. The smallest absolute Gasteiger partial charge is 0.331 e. The predicted octanol–water partition coefficient (Wildman–Crippen LogP) is 8.91. The average Bonchev–Trinajstić information content (AvgIpc) is 2.95. The Hall–Kier alpha value is -2.76. The average molecular weight is 619 g/mol. The minimum absolute atomic E-state index is 0.0596. The lowest BCUT2D eigenvalue weighted by atomic mass is 9.33. The number of carbonyl (C=O) groups excluding carboxylic acids is 1. The second kappa shape index (κ2) is 10.4. The van der Waals surface area contributed by atoms with Crippen LogP contribution in [0.25, 0.3) is 6.08 Å². The van der Waals surface area contributed by atoms with Crippen molar-refractivity contribution in [1.29, 1.82) is 0 Å². The van der Waals surface area contributed by atoms with E-state index in [1.807, 2.05) is 0 Å². The summed E-state index contributed by atoms with van der Waals surface area (Å²) in [5, 5.41) is 30.6. The zero-order valence-electron chi connectivity index (χ0n) is 28.4. The Kier molecular flexibility index (Phi) is 7.42. The Morgan fingerprint density at radius 2 is 1.58 bits per heavy atom. The van der Waals surface area contributed by atoms with Gasteiger partial charge in [-0.3, -0.25) is 4.79 Å². The number of benzene rings is 1. The van der Waals surface area contributed by atoms with E-state index < -0.39 is 17.4 Å². The lowest BCUT2D eigenvalue weighted by Crippen LogP contribution is -2.67. The highest BCUT2D eigenvalue weighted by Crippen LogP contribution is 2.76. The van der Waals surface area contributed by atoms with Crippen LogP contribution in [0.4, 0.5) is 0 Å². The molecule has 246 valence electrons. The fourth-order valence-corrected chi connectivity index (χ4v) is 11.8. The van der Waals surface area contributed by atoms with Crippen LogP contribution in [0, 0.1) is 50.2 Å². The number of aromatic hydroxyl groups is 2. The van der Waals surface area contributed by atoms with Gasteiger partial charge in [0.1, 0.15) is 6.10 Å². The molecule has 4 fully saturated rings. The van der Waals surface area contributed by atoms with Crippen molar-refractivity contribution in [3.63, 3.8) is 0 Å². The first-order chi connectivity index (χ1) is 20.9. The monoisotopic (exact) mass is 618 g/mol. The highest BCUT2D eigenvalue weighted by Gasteiger charge is 2.71. The third kappa shape index (κ3) is 4.70. The summed E-state index contributed by atoms with van der Waals surface area (Å²) in [6.45, 7) is 16.4. The van der Waals surface area contributed by atoms with Gasteiger partial charge in [-0.15, -0.1) is 0 Å². The molecule has 0 aromatic heterocycles. The van der Waals surface area contributed by atoms with E-state index in [1.54, 1.807) is 12.1 Å². The van der Waals surface area contributed by atoms with Gasteiger partial charge in [-0.1, -0.05) is 66.2 Å². The summed E-state index contributed by atoms with van der Waals surface area (Å²) in [5.41, 5.74) is 0.802. The number of aliphatic carboxylic acids is 1. The predicted molar refractivity (Wildman–Crippen MR) is 175 cm³/mol. The molecule has 0 bridgehead atoms. The Labute approximate surface area is 269 Å². The molecule has 0 radical (unpaired) electrons. The van der Waals surface area contributed by atoms with Crippen LogP contribution in [0.2, 0.25) is 0 Å². The quantitative estimate of drug-likeness (QED) is 0.135. The number of phenols is 2. The third-order valence-electron chi connectivity index (χ3n) is 14.5. The maximum atomic E-state index is 13.7. The van der Waals surface area contributed by atoms with Crippen molar-refractivity contribution >= 4 is 18.0 Å². The number of rotatable bonds is 4. The largest absolute Gasteiger partial charge is 0.504 e. The number of carboxylic acids is 1. The van der Waals surface area contributed by atoms with Gasteiger partial charge >= 0.3 is 11.9 Å². The number of allylic oxidation sites excluding steroid dienone is 1. The van der Waals surface area contributed by atoms with Gasteiger partial charge in [0, 0.05) is 11.5 Å². The number of carbonyl (C=O) groups is 2. The first-order valence-corrected chi connectivity index (χ1v) is 17.2. The Balaban J connectivity index is 1.28. The molecule has 0 spiro atoms. The van der Waals surface area contributed by atoms with Gasteiger partial charge in [0.05, 0.1) is 5.41 Å². The number of phenolic OH excluding ortho intramolecular Hbond substituents is 2. The minimum Gasteiger partial charge on any atom is -0.504 e. The molecule has 6 rings (SSSR count). The van der Waals surface area contributed by atoms with Crippen LogP contribution in [0.1, 0.15) is 118 Å². The van der Waals surface area contributed by atoms with Gasteiger partial charge in [-0.05, 0) is 127 Å². The van der Waals surface area contributed by atoms with Gasteiger partial charge < -0.3 is 20.1 Å². The van der Waals surface area contributed by atoms with E-state index in [4.69, 9.17) is 4.74 Å². The molecule has 1 aromatic rings. The molecule has 45 heavy (non-hydrogen) atoms. The van der Waals surface area contributed by atoms with Crippen LogP contribution in [-0.2, 0) is 14.3 Å². The Bertz CT molecular complexity index is 1450. The molecule has 1 aromatic carbocycles. The van der Waals surface area contributed by atoms with E-state index in [2.05, 4.69) is 54.5 Å². The first kappa shape index (κ1) is 32.2. The summed E-state index contributed by atoms with van der Waals surface area (Å²) >= 11 is 0. The maximum Gasteiger partial charge on any atom is 0.331 e. The van der Waals surface area contributed by atoms with Crippen molar-refractivity contribution < 1.29 is 29.6 Å². The fourth-order valence-electron chi connectivity index (χ4n) is 11.8. The molecule has 0 saturated heterocycles. The summed E-state index contributed by atoms with van der Waals surface area (Å²) in [5.74, 6) is -0.575. The van der Waals surface area contributed by atoms with Gasteiger partial charge in [-0.25, -0.2) is 4.79 Å². The number of carboxylic acid groups (broad SMARTS) is 1. The highest BCUT2D eigenvalue weighted by molar-refractivity contribution is 5.87. The number of hydrogen-bond donors (Lipinski definition) is 3. The van der Waals surface area contributed by atoms with Crippen LogP contribution in [0.15, 0.2) is 35.9 Å². The van der Waals surface area contributed by atoms with Crippen molar-refractivity contribution in [2.75, 3.05) is 0 Å². The Morgan fingerprint density at radius 3 is 2.27 bits per heavy atom. The van der Waals surface area contributed by atoms with Crippen molar-refractivity contribution in [3.05, 3.63) is 41.5 Å².